The first-order chi connectivity index (χ1) is 20.3. The maximum Gasteiger partial charge on any atom is 0.416 e. The van der Waals surface area contributed by atoms with Crippen LogP contribution in [0, 0.1) is 11.8 Å². The predicted molar refractivity (Wildman–Crippen MR) is 164 cm³/mol. The second-order valence-corrected chi connectivity index (χ2v) is 13.4. The van der Waals surface area contributed by atoms with Gasteiger partial charge in [0.1, 0.15) is 11.2 Å². The van der Waals surface area contributed by atoms with Gasteiger partial charge < -0.3 is 9.47 Å². The average Bonchev–Trinajstić information content (AvgIpc) is 2.80. The Labute approximate surface area is 262 Å². The highest BCUT2D eigenvalue weighted by Gasteiger charge is 2.32. The van der Waals surface area contributed by atoms with E-state index in [-0.39, 0.29) is 23.2 Å². The molecule has 0 heterocycles. The first-order valence-corrected chi connectivity index (χ1v) is 14.7. The molecule has 45 heavy (non-hydrogen) atoms. The quantitative estimate of drug-likeness (QED) is 0.293. The van der Waals surface area contributed by atoms with Gasteiger partial charge in [-0.1, -0.05) is 34.1 Å². The monoisotopic (exact) mass is 648 g/mol. The number of rotatable bonds is 7. The number of hydrogen-bond donors (Lipinski definition) is 2. The van der Waals surface area contributed by atoms with Gasteiger partial charge in [-0.2, -0.15) is 26.3 Å². The Morgan fingerprint density at radius 3 is 1.29 bits per heavy atom. The number of benzene rings is 2. The van der Waals surface area contributed by atoms with Gasteiger partial charge in [-0.3, -0.25) is 10.6 Å². The summed E-state index contributed by atoms with van der Waals surface area (Å²) in [6, 6.07) is 7.18. The van der Waals surface area contributed by atoms with E-state index in [0.29, 0.717) is 24.0 Å². The molecule has 0 bridgehead atoms. The van der Waals surface area contributed by atoms with E-state index in [1.54, 1.807) is 53.7 Å². The molecule has 12 heteroatoms. The average molecular weight is 649 g/mol. The van der Waals surface area contributed by atoms with E-state index in [0.717, 1.165) is 30.7 Å². The maximum atomic E-state index is 13.0. The molecule has 2 rings (SSSR count). The highest BCUT2D eigenvalue weighted by molar-refractivity contribution is 5.85. The van der Waals surface area contributed by atoms with Gasteiger partial charge in [-0.15, -0.1) is 0 Å². The minimum atomic E-state index is -4.46. The van der Waals surface area contributed by atoms with Crippen LogP contribution in [0.1, 0.15) is 97.9 Å². The molecule has 2 aromatic carbocycles. The van der Waals surface area contributed by atoms with Crippen molar-refractivity contribution in [3.8, 4) is 0 Å². The van der Waals surface area contributed by atoms with Crippen LogP contribution in [0.3, 0.4) is 0 Å². The third kappa shape index (κ3) is 16.4. The molecule has 1 atom stereocenters. The van der Waals surface area contributed by atoms with Gasteiger partial charge in [-0.05, 0) is 114 Å². The molecule has 0 spiro atoms. The number of carbonyl (C=O) groups excluding carboxylic acids is 2. The van der Waals surface area contributed by atoms with Crippen LogP contribution in [0.4, 0.5) is 47.3 Å². The second-order valence-electron chi connectivity index (χ2n) is 13.4. The molecule has 0 radical (unpaired) electrons. The first-order valence-electron chi connectivity index (χ1n) is 14.7. The molecule has 0 aliphatic heterocycles. The van der Waals surface area contributed by atoms with E-state index in [9.17, 15) is 35.9 Å². The highest BCUT2D eigenvalue weighted by atomic mass is 19.4. The molecule has 2 aromatic rings. The second kappa shape index (κ2) is 15.7. The summed E-state index contributed by atoms with van der Waals surface area (Å²) in [5, 5.41) is 4.74. The Morgan fingerprint density at radius 1 is 0.644 bits per heavy atom. The number of anilines is 2. The molecule has 0 aliphatic carbocycles. The summed E-state index contributed by atoms with van der Waals surface area (Å²) >= 11 is 0. The lowest BCUT2D eigenvalue weighted by Gasteiger charge is -2.20. The molecule has 2 amide bonds. The number of ether oxygens (including phenoxy) is 2. The van der Waals surface area contributed by atoms with Crippen LogP contribution in [0.15, 0.2) is 36.4 Å². The summed E-state index contributed by atoms with van der Waals surface area (Å²) in [6.45, 7) is 17.9. The van der Waals surface area contributed by atoms with E-state index in [1.807, 2.05) is 27.7 Å². The minimum Gasteiger partial charge on any atom is -0.444 e. The molecule has 0 saturated heterocycles. The van der Waals surface area contributed by atoms with Crippen molar-refractivity contribution in [2.45, 2.75) is 112 Å². The molecule has 1 unspecified atom stereocenters. The predicted octanol–water partition coefficient (Wildman–Crippen LogP) is 10.9. The summed E-state index contributed by atoms with van der Waals surface area (Å²) in [7, 11) is 0. The summed E-state index contributed by atoms with van der Waals surface area (Å²) in [6.07, 6.45) is -8.59. The van der Waals surface area contributed by atoms with Crippen molar-refractivity contribution in [3.63, 3.8) is 0 Å². The van der Waals surface area contributed by atoms with Crippen LogP contribution in [-0.4, -0.2) is 23.4 Å². The fourth-order valence-electron chi connectivity index (χ4n) is 3.95. The standard InChI is InChI=1S/C17H24F3NO2.C16H22F3NO2/c1-6-11(2)7-12-8-13(17(18,19)20)10-14(9-12)21-15(22)23-16(3,4)5;1-10(2)6-11-7-12(16(17,18)19)9-13(8-11)20-14(21)22-15(3,4)5/h8-11H,6-7H2,1-5H3,(H,21,22);7-10H,6H2,1-5H3,(H,20,21). The number of hydrogen-bond acceptors (Lipinski definition) is 4. The molecular formula is C33H46F6N2O4. The largest absolute Gasteiger partial charge is 0.444 e. The van der Waals surface area contributed by atoms with Crippen molar-refractivity contribution in [1.82, 2.24) is 0 Å². The van der Waals surface area contributed by atoms with Gasteiger partial charge in [0.2, 0.25) is 0 Å². The Kier molecular flexibility index (Phi) is 13.8. The third-order valence-electron chi connectivity index (χ3n) is 5.86. The van der Waals surface area contributed by atoms with Gasteiger partial charge in [-0.25, -0.2) is 9.59 Å². The topological polar surface area (TPSA) is 76.7 Å². The summed E-state index contributed by atoms with van der Waals surface area (Å²) in [5.41, 5.74) is -1.75. The highest BCUT2D eigenvalue weighted by Crippen LogP contribution is 2.34. The molecular weight excluding hydrogens is 602 g/mol. The van der Waals surface area contributed by atoms with E-state index < -0.39 is 46.9 Å². The van der Waals surface area contributed by atoms with Crippen LogP contribution in [0.2, 0.25) is 0 Å². The molecule has 0 saturated carbocycles. The molecule has 254 valence electrons. The lowest BCUT2D eigenvalue weighted by atomic mass is 9.97. The van der Waals surface area contributed by atoms with Crippen molar-refractivity contribution in [2.24, 2.45) is 11.8 Å². The van der Waals surface area contributed by atoms with Gasteiger partial charge in [0, 0.05) is 11.4 Å². The number of alkyl halides is 6. The summed E-state index contributed by atoms with van der Waals surface area (Å²) in [4.78, 5) is 23.5. The van der Waals surface area contributed by atoms with E-state index in [4.69, 9.17) is 9.47 Å². The van der Waals surface area contributed by atoms with Gasteiger partial charge in [0.25, 0.3) is 0 Å². The van der Waals surface area contributed by atoms with Crippen molar-refractivity contribution in [2.75, 3.05) is 10.6 Å². The van der Waals surface area contributed by atoms with Crippen molar-refractivity contribution >= 4 is 23.6 Å². The van der Waals surface area contributed by atoms with Crippen LogP contribution in [0.25, 0.3) is 0 Å². The molecule has 2 N–H and O–H groups in total. The lowest BCUT2D eigenvalue weighted by molar-refractivity contribution is -0.138. The molecule has 0 aromatic heterocycles. The zero-order valence-electron chi connectivity index (χ0n) is 27.6. The summed E-state index contributed by atoms with van der Waals surface area (Å²) in [5.74, 6) is 0.464. The van der Waals surface area contributed by atoms with Crippen molar-refractivity contribution < 1.29 is 45.4 Å². The molecule has 0 aliphatic rings. The van der Waals surface area contributed by atoms with Crippen LogP contribution in [-0.2, 0) is 34.7 Å². The first kappa shape index (κ1) is 39.6. The van der Waals surface area contributed by atoms with E-state index >= 15 is 0 Å². The fourth-order valence-corrected chi connectivity index (χ4v) is 3.95. The van der Waals surface area contributed by atoms with Crippen LogP contribution >= 0.6 is 0 Å². The maximum absolute atomic E-state index is 13.0. The zero-order valence-corrected chi connectivity index (χ0v) is 27.6. The van der Waals surface area contributed by atoms with E-state index in [1.165, 1.54) is 0 Å². The fraction of sp³-hybridized carbons (Fsp3) is 0.576. The van der Waals surface area contributed by atoms with Gasteiger partial charge in [0.15, 0.2) is 0 Å². The summed E-state index contributed by atoms with van der Waals surface area (Å²) < 4.78 is 88.1. The Bertz CT molecular complexity index is 1280. The van der Waals surface area contributed by atoms with Crippen LogP contribution < -0.4 is 10.6 Å². The Morgan fingerprint density at radius 2 is 1.00 bits per heavy atom. The normalized spacial score (nSPS) is 13.0. The zero-order chi connectivity index (χ0) is 35.0. The minimum absolute atomic E-state index is 0.0831. The molecule has 0 fully saturated rings. The number of amides is 2. The van der Waals surface area contributed by atoms with E-state index in [2.05, 4.69) is 10.6 Å². The SMILES string of the molecule is CC(C)Cc1cc(NC(=O)OC(C)(C)C)cc(C(F)(F)F)c1.CCC(C)Cc1cc(NC(=O)OC(C)(C)C)cc(C(F)(F)F)c1. The number of halogens is 6. The van der Waals surface area contributed by atoms with Crippen molar-refractivity contribution in [3.05, 3.63) is 58.7 Å². The smallest absolute Gasteiger partial charge is 0.416 e. The molecule has 6 nitrogen and oxygen atoms in total. The van der Waals surface area contributed by atoms with Crippen LogP contribution in [0.5, 0.6) is 0 Å². The Hall–Kier alpha value is -3.44. The van der Waals surface area contributed by atoms with Gasteiger partial charge in [0.05, 0.1) is 11.1 Å². The third-order valence-corrected chi connectivity index (χ3v) is 5.86. The number of nitrogens with one attached hydrogen (secondary N) is 2. The lowest BCUT2D eigenvalue weighted by Crippen LogP contribution is -2.27. The Balaban J connectivity index is 0.000000450. The van der Waals surface area contributed by atoms with Crippen molar-refractivity contribution in [1.29, 1.82) is 0 Å². The number of carbonyl (C=O) groups is 2. The van der Waals surface area contributed by atoms with Gasteiger partial charge >= 0.3 is 24.5 Å².